The van der Waals surface area contributed by atoms with Gasteiger partial charge in [-0.2, -0.15) is 4.31 Å². The van der Waals surface area contributed by atoms with Crippen molar-refractivity contribution in [3.8, 4) is 11.5 Å². The second-order valence-corrected chi connectivity index (χ2v) is 10.5. The highest BCUT2D eigenvalue weighted by Crippen LogP contribution is 2.27. The van der Waals surface area contributed by atoms with Gasteiger partial charge in [-0.05, 0) is 68.3 Å². The number of para-hydroxylation sites is 2. The third-order valence-corrected chi connectivity index (χ3v) is 7.99. The number of nitrogens with zero attached hydrogens (tertiary/aromatic N) is 2. The summed E-state index contributed by atoms with van der Waals surface area (Å²) in [5.74, 6) is -0.0765. The number of nitrogens with one attached hydrogen (secondary N) is 1. The number of anilines is 1. The van der Waals surface area contributed by atoms with Crippen LogP contribution in [0.5, 0.6) is 0 Å². The number of oxazole rings is 1. The minimum atomic E-state index is -3.63. The van der Waals surface area contributed by atoms with E-state index in [1.807, 2.05) is 43.3 Å². The summed E-state index contributed by atoms with van der Waals surface area (Å²) in [5.41, 5.74) is 3.96. The summed E-state index contributed by atoms with van der Waals surface area (Å²) >= 11 is 0. The minimum Gasteiger partial charge on any atom is -0.436 e. The summed E-state index contributed by atoms with van der Waals surface area (Å²) in [6, 6.07) is 21.6. The maximum atomic E-state index is 13.0. The molecule has 34 heavy (non-hydrogen) atoms. The zero-order chi connectivity index (χ0) is 23.7. The van der Waals surface area contributed by atoms with Crippen LogP contribution in [-0.4, -0.2) is 36.7 Å². The van der Waals surface area contributed by atoms with E-state index in [9.17, 15) is 13.2 Å². The van der Waals surface area contributed by atoms with Gasteiger partial charge in [-0.1, -0.05) is 29.8 Å². The number of aromatic nitrogens is 1. The second kappa shape index (κ2) is 9.04. The van der Waals surface area contributed by atoms with Crippen molar-refractivity contribution in [2.45, 2.75) is 24.7 Å². The molecule has 0 saturated carbocycles. The lowest BCUT2D eigenvalue weighted by molar-refractivity contribution is -0.120. The molecule has 1 atom stereocenters. The van der Waals surface area contributed by atoms with Gasteiger partial charge in [0.2, 0.25) is 21.8 Å². The van der Waals surface area contributed by atoms with Gasteiger partial charge in [0.25, 0.3) is 0 Å². The molecule has 174 valence electrons. The Bertz CT molecular complexity index is 1390. The number of carbonyl (C=O) groups excluding carboxylic acids is 1. The fourth-order valence-electron chi connectivity index (χ4n) is 4.17. The molecule has 1 unspecified atom stereocenters. The predicted molar refractivity (Wildman–Crippen MR) is 131 cm³/mol. The van der Waals surface area contributed by atoms with Crippen molar-refractivity contribution in [3.63, 3.8) is 0 Å². The van der Waals surface area contributed by atoms with Crippen molar-refractivity contribution in [3.05, 3.63) is 78.4 Å². The SMILES string of the molecule is Cc1ccc(S(=O)(=O)N2CCCC(C(=O)Nc3ccc(-c4nc5ccccc5o4)cc3)C2)cc1. The molecule has 3 aromatic carbocycles. The maximum absolute atomic E-state index is 13.0. The van der Waals surface area contributed by atoms with Gasteiger partial charge in [0.1, 0.15) is 5.52 Å². The topological polar surface area (TPSA) is 92.5 Å². The molecule has 0 spiro atoms. The Morgan fingerprint density at radius 3 is 2.50 bits per heavy atom. The molecule has 0 aliphatic carbocycles. The van der Waals surface area contributed by atoms with Gasteiger partial charge in [0, 0.05) is 24.3 Å². The number of sulfonamides is 1. The van der Waals surface area contributed by atoms with E-state index < -0.39 is 15.9 Å². The van der Waals surface area contributed by atoms with E-state index in [0.29, 0.717) is 31.0 Å². The fraction of sp³-hybridized carbons (Fsp3) is 0.231. The molecule has 1 aromatic heterocycles. The number of benzene rings is 3. The molecule has 0 bridgehead atoms. The van der Waals surface area contributed by atoms with E-state index in [2.05, 4.69) is 10.3 Å². The van der Waals surface area contributed by atoms with Crippen molar-refractivity contribution in [1.29, 1.82) is 0 Å². The third kappa shape index (κ3) is 4.47. The summed E-state index contributed by atoms with van der Waals surface area (Å²) in [6.07, 6.45) is 1.28. The fourth-order valence-corrected chi connectivity index (χ4v) is 5.69. The Hall–Kier alpha value is -3.49. The van der Waals surface area contributed by atoms with Crippen molar-refractivity contribution >= 4 is 32.7 Å². The van der Waals surface area contributed by atoms with Gasteiger partial charge in [0.15, 0.2) is 5.58 Å². The minimum absolute atomic E-state index is 0.170. The molecule has 2 heterocycles. The first-order valence-electron chi connectivity index (χ1n) is 11.2. The quantitative estimate of drug-likeness (QED) is 0.446. The Balaban J connectivity index is 1.26. The molecular formula is C26H25N3O4S. The molecule has 1 aliphatic rings. The van der Waals surface area contributed by atoms with E-state index in [0.717, 1.165) is 22.2 Å². The molecule has 5 rings (SSSR count). The zero-order valence-corrected chi connectivity index (χ0v) is 19.6. The number of hydrogen-bond donors (Lipinski definition) is 1. The standard InChI is InChI=1S/C26H25N3O4S/c1-18-8-14-22(15-9-18)34(31,32)29-16-4-5-20(17-29)25(30)27-21-12-10-19(11-13-21)26-28-23-6-2-3-7-24(23)33-26/h2-3,6-15,20H,4-5,16-17H2,1H3,(H,27,30). The van der Waals surface area contributed by atoms with Crippen LogP contribution in [0, 0.1) is 12.8 Å². The van der Waals surface area contributed by atoms with Crippen LogP contribution in [0.25, 0.3) is 22.6 Å². The Morgan fingerprint density at radius 1 is 1.03 bits per heavy atom. The van der Waals surface area contributed by atoms with Crippen LogP contribution in [0.1, 0.15) is 18.4 Å². The highest BCUT2D eigenvalue weighted by molar-refractivity contribution is 7.89. The molecule has 1 amide bonds. The number of piperidine rings is 1. The molecule has 0 radical (unpaired) electrons. The Labute approximate surface area is 198 Å². The number of amides is 1. The lowest BCUT2D eigenvalue weighted by Gasteiger charge is -2.31. The second-order valence-electron chi connectivity index (χ2n) is 8.57. The third-order valence-electron chi connectivity index (χ3n) is 6.11. The lowest BCUT2D eigenvalue weighted by atomic mass is 9.98. The largest absolute Gasteiger partial charge is 0.436 e. The van der Waals surface area contributed by atoms with Crippen molar-refractivity contribution in [2.75, 3.05) is 18.4 Å². The van der Waals surface area contributed by atoms with Gasteiger partial charge in [-0.15, -0.1) is 0 Å². The number of fused-ring (bicyclic) bond motifs is 1. The molecule has 1 N–H and O–H groups in total. The highest BCUT2D eigenvalue weighted by Gasteiger charge is 2.33. The van der Waals surface area contributed by atoms with E-state index in [1.165, 1.54) is 4.31 Å². The first-order chi connectivity index (χ1) is 16.4. The molecule has 1 saturated heterocycles. The molecule has 1 fully saturated rings. The molecule has 1 aliphatic heterocycles. The molecule has 4 aromatic rings. The van der Waals surface area contributed by atoms with Gasteiger partial charge in [-0.3, -0.25) is 4.79 Å². The average Bonchev–Trinajstić information content (AvgIpc) is 3.29. The summed E-state index contributed by atoms with van der Waals surface area (Å²) in [7, 11) is -3.63. The highest BCUT2D eigenvalue weighted by atomic mass is 32.2. The number of aryl methyl sites for hydroxylation is 1. The van der Waals surface area contributed by atoms with E-state index in [4.69, 9.17) is 4.42 Å². The molecular weight excluding hydrogens is 450 g/mol. The van der Waals surface area contributed by atoms with Crippen LogP contribution in [-0.2, 0) is 14.8 Å². The molecule has 8 heteroatoms. The predicted octanol–water partition coefficient (Wildman–Crippen LogP) is 4.84. The van der Waals surface area contributed by atoms with Crippen LogP contribution in [0.2, 0.25) is 0 Å². The van der Waals surface area contributed by atoms with Crippen LogP contribution in [0.15, 0.2) is 82.1 Å². The number of rotatable bonds is 5. The number of hydrogen-bond acceptors (Lipinski definition) is 5. The van der Waals surface area contributed by atoms with Crippen LogP contribution in [0.4, 0.5) is 5.69 Å². The van der Waals surface area contributed by atoms with E-state index in [-0.39, 0.29) is 17.3 Å². The maximum Gasteiger partial charge on any atom is 0.243 e. The number of carbonyl (C=O) groups is 1. The Morgan fingerprint density at radius 2 is 1.76 bits per heavy atom. The van der Waals surface area contributed by atoms with Crippen LogP contribution in [0.3, 0.4) is 0 Å². The van der Waals surface area contributed by atoms with Crippen LogP contribution >= 0.6 is 0 Å². The molecule has 7 nitrogen and oxygen atoms in total. The van der Waals surface area contributed by atoms with Gasteiger partial charge < -0.3 is 9.73 Å². The summed E-state index contributed by atoms with van der Waals surface area (Å²) in [5, 5.41) is 2.92. The van der Waals surface area contributed by atoms with Gasteiger partial charge >= 0.3 is 0 Å². The lowest BCUT2D eigenvalue weighted by Crippen LogP contribution is -2.43. The zero-order valence-electron chi connectivity index (χ0n) is 18.8. The Kier molecular flexibility index (Phi) is 5.93. The smallest absolute Gasteiger partial charge is 0.243 e. The summed E-state index contributed by atoms with van der Waals surface area (Å²) in [6.45, 7) is 2.50. The van der Waals surface area contributed by atoms with Gasteiger partial charge in [0.05, 0.1) is 10.8 Å². The first-order valence-corrected chi connectivity index (χ1v) is 12.7. The normalized spacial score (nSPS) is 17.0. The van der Waals surface area contributed by atoms with Crippen LogP contribution < -0.4 is 5.32 Å². The first kappa shape index (κ1) is 22.3. The van der Waals surface area contributed by atoms with Crippen molar-refractivity contribution in [2.24, 2.45) is 5.92 Å². The monoisotopic (exact) mass is 475 g/mol. The van der Waals surface area contributed by atoms with Gasteiger partial charge in [-0.25, -0.2) is 13.4 Å². The van der Waals surface area contributed by atoms with Crippen molar-refractivity contribution in [1.82, 2.24) is 9.29 Å². The van der Waals surface area contributed by atoms with Crippen molar-refractivity contribution < 1.29 is 17.6 Å². The average molecular weight is 476 g/mol. The van der Waals surface area contributed by atoms with E-state index in [1.54, 1.807) is 36.4 Å². The summed E-state index contributed by atoms with van der Waals surface area (Å²) in [4.78, 5) is 17.7. The summed E-state index contributed by atoms with van der Waals surface area (Å²) < 4.78 is 33.3. The van der Waals surface area contributed by atoms with E-state index >= 15 is 0 Å².